The molecule has 0 aromatic heterocycles. The lowest BCUT2D eigenvalue weighted by Gasteiger charge is -2.25. The van der Waals surface area contributed by atoms with Crippen molar-refractivity contribution in [3.63, 3.8) is 0 Å². The van der Waals surface area contributed by atoms with Gasteiger partial charge in [0.25, 0.3) is 5.91 Å². The molecule has 1 amide bonds. The molecule has 0 radical (unpaired) electrons. The van der Waals surface area contributed by atoms with Gasteiger partial charge in [-0.1, -0.05) is 42.5 Å². The van der Waals surface area contributed by atoms with Crippen LogP contribution in [0.2, 0.25) is 0 Å². The van der Waals surface area contributed by atoms with Crippen LogP contribution in [0.5, 0.6) is 0 Å². The van der Waals surface area contributed by atoms with E-state index in [-0.39, 0.29) is 5.91 Å². The molecule has 0 fully saturated rings. The monoisotopic (exact) mass is 395 g/mol. The van der Waals surface area contributed by atoms with Gasteiger partial charge in [0, 0.05) is 45.3 Å². The van der Waals surface area contributed by atoms with E-state index in [1.165, 1.54) is 5.56 Å². The van der Waals surface area contributed by atoms with Crippen molar-refractivity contribution >= 4 is 11.9 Å². The number of carbonyl (C=O) groups is 1. The molecule has 3 N–H and O–H groups in total. The summed E-state index contributed by atoms with van der Waals surface area (Å²) in [4.78, 5) is 18.4. The van der Waals surface area contributed by atoms with E-state index in [4.69, 9.17) is 0 Å². The quantitative estimate of drug-likeness (QED) is 0.450. The molecule has 0 aliphatic carbocycles. The van der Waals surface area contributed by atoms with E-state index in [0.717, 1.165) is 37.6 Å². The molecule has 29 heavy (non-hydrogen) atoms. The molecule has 0 saturated carbocycles. The lowest BCUT2D eigenvalue weighted by Crippen LogP contribution is -2.45. The first-order valence-electron chi connectivity index (χ1n) is 10.0. The van der Waals surface area contributed by atoms with E-state index < -0.39 is 0 Å². The van der Waals surface area contributed by atoms with Gasteiger partial charge in [0.15, 0.2) is 5.96 Å². The average molecular weight is 396 g/mol. The van der Waals surface area contributed by atoms with Gasteiger partial charge in [-0.25, -0.2) is 0 Å². The maximum Gasteiger partial charge on any atom is 0.251 e. The highest BCUT2D eigenvalue weighted by Gasteiger charge is 2.10. The van der Waals surface area contributed by atoms with Crippen LogP contribution in [0.1, 0.15) is 28.4 Å². The van der Waals surface area contributed by atoms with Crippen LogP contribution in [0.4, 0.5) is 0 Å². The van der Waals surface area contributed by atoms with Gasteiger partial charge in [-0.05, 0) is 43.7 Å². The summed E-state index contributed by atoms with van der Waals surface area (Å²) >= 11 is 0. The second-order valence-electron chi connectivity index (χ2n) is 7.16. The standard InChI is InChI=1S/C23H33N5O/c1-18(28(4)17-20-9-6-5-7-10-20)16-27-23(25-3)26-14-13-19-11-8-12-21(15-19)22(29)24-2/h5-12,15,18H,13-14,16-17H2,1-4H3,(H,24,29)(H2,25,26,27). The summed E-state index contributed by atoms with van der Waals surface area (Å²) in [6.45, 7) is 4.66. The predicted octanol–water partition coefficient (Wildman–Crippen LogP) is 2.27. The van der Waals surface area contributed by atoms with E-state index in [0.29, 0.717) is 11.6 Å². The van der Waals surface area contributed by atoms with Crippen LogP contribution >= 0.6 is 0 Å². The molecule has 0 bridgehead atoms. The third-order valence-electron chi connectivity index (χ3n) is 4.94. The minimum atomic E-state index is -0.0640. The van der Waals surface area contributed by atoms with Crippen molar-refractivity contribution in [2.45, 2.75) is 25.9 Å². The number of nitrogens with one attached hydrogen (secondary N) is 3. The molecule has 0 spiro atoms. The fraction of sp³-hybridized carbons (Fsp3) is 0.391. The molecule has 2 rings (SSSR count). The molecule has 1 unspecified atom stereocenters. The number of carbonyl (C=O) groups excluding carboxylic acids is 1. The second kappa shape index (κ2) is 11.9. The number of likely N-dealkylation sites (N-methyl/N-ethyl adjacent to an activating group) is 1. The third-order valence-corrected chi connectivity index (χ3v) is 4.94. The van der Waals surface area contributed by atoms with Gasteiger partial charge in [0.05, 0.1) is 0 Å². The van der Waals surface area contributed by atoms with Crippen LogP contribution in [0.3, 0.4) is 0 Å². The molecular weight excluding hydrogens is 362 g/mol. The first kappa shape index (κ1) is 22.4. The molecule has 2 aromatic carbocycles. The highest BCUT2D eigenvalue weighted by molar-refractivity contribution is 5.94. The van der Waals surface area contributed by atoms with Gasteiger partial charge in [0.1, 0.15) is 0 Å². The molecular formula is C23H33N5O. The molecule has 156 valence electrons. The smallest absolute Gasteiger partial charge is 0.251 e. The Morgan fingerprint density at radius 1 is 1.07 bits per heavy atom. The van der Waals surface area contributed by atoms with Crippen molar-refractivity contribution in [1.82, 2.24) is 20.9 Å². The zero-order valence-electron chi connectivity index (χ0n) is 17.9. The number of amides is 1. The number of hydrogen-bond acceptors (Lipinski definition) is 3. The van der Waals surface area contributed by atoms with Crippen molar-refractivity contribution in [2.24, 2.45) is 4.99 Å². The van der Waals surface area contributed by atoms with Crippen molar-refractivity contribution < 1.29 is 4.79 Å². The molecule has 0 heterocycles. The van der Waals surface area contributed by atoms with E-state index in [1.807, 2.05) is 30.3 Å². The molecule has 0 aliphatic heterocycles. The van der Waals surface area contributed by atoms with Crippen LogP contribution in [0, 0.1) is 0 Å². The highest BCUT2D eigenvalue weighted by atomic mass is 16.1. The maximum atomic E-state index is 11.8. The molecule has 0 aliphatic rings. The Bertz CT molecular complexity index is 791. The highest BCUT2D eigenvalue weighted by Crippen LogP contribution is 2.06. The van der Waals surface area contributed by atoms with Gasteiger partial charge >= 0.3 is 0 Å². The lowest BCUT2D eigenvalue weighted by molar-refractivity contribution is 0.0963. The summed E-state index contributed by atoms with van der Waals surface area (Å²) < 4.78 is 0. The Morgan fingerprint density at radius 3 is 2.48 bits per heavy atom. The summed E-state index contributed by atoms with van der Waals surface area (Å²) in [6, 6.07) is 18.5. The van der Waals surface area contributed by atoms with E-state index in [2.05, 4.69) is 64.1 Å². The number of hydrogen-bond donors (Lipinski definition) is 3. The Balaban J connectivity index is 1.75. The van der Waals surface area contributed by atoms with Gasteiger partial charge < -0.3 is 16.0 Å². The number of nitrogens with zero attached hydrogens (tertiary/aromatic N) is 2. The van der Waals surface area contributed by atoms with Gasteiger partial charge in [-0.3, -0.25) is 14.7 Å². The summed E-state index contributed by atoms with van der Waals surface area (Å²) in [7, 11) is 5.55. The lowest BCUT2D eigenvalue weighted by atomic mass is 10.1. The molecule has 0 saturated heterocycles. The SMILES string of the molecule is CN=C(NCCc1cccc(C(=O)NC)c1)NCC(C)N(C)Cc1ccccc1. The van der Waals surface area contributed by atoms with Crippen molar-refractivity contribution in [3.8, 4) is 0 Å². The van der Waals surface area contributed by atoms with Crippen LogP contribution in [-0.4, -0.2) is 57.0 Å². The maximum absolute atomic E-state index is 11.8. The molecule has 6 nitrogen and oxygen atoms in total. The second-order valence-corrected chi connectivity index (χ2v) is 7.16. The summed E-state index contributed by atoms with van der Waals surface area (Å²) in [5.41, 5.74) is 3.11. The van der Waals surface area contributed by atoms with Gasteiger partial charge in [-0.15, -0.1) is 0 Å². The van der Waals surface area contributed by atoms with E-state index in [9.17, 15) is 4.79 Å². The van der Waals surface area contributed by atoms with Crippen LogP contribution in [0.15, 0.2) is 59.6 Å². The minimum Gasteiger partial charge on any atom is -0.356 e. The Labute approximate surface area is 174 Å². The zero-order valence-corrected chi connectivity index (χ0v) is 17.9. The minimum absolute atomic E-state index is 0.0640. The summed E-state index contributed by atoms with van der Waals surface area (Å²) in [6.07, 6.45) is 0.814. The van der Waals surface area contributed by atoms with Crippen LogP contribution in [0.25, 0.3) is 0 Å². The van der Waals surface area contributed by atoms with Crippen LogP contribution in [-0.2, 0) is 13.0 Å². The fourth-order valence-corrected chi connectivity index (χ4v) is 2.99. The third kappa shape index (κ3) is 7.58. The average Bonchev–Trinajstić information content (AvgIpc) is 2.76. The number of rotatable bonds is 9. The molecule has 1 atom stereocenters. The molecule has 2 aromatic rings. The number of benzene rings is 2. The van der Waals surface area contributed by atoms with Crippen molar-refractivity contribution in [2.75, 3.05) is 34.2 Å². The van der Waals surface area contributed by atoms with Gasteiger partial charge in [0.2, 0.25) is 0 Å². The van der Waals surface area contributed by atoms with Crippen molar-refractivity contribution in [3.05, 3.63) is 71.3 Å². The Kier molecular flexibility index (Phi) is 9.18. The van der Waals surface area contributed by atoms with Crippen molar-refractivity contribution in [1.29, 1.82) is 0 Å². The van der Waals surface area contributed by atoms with Crippen LogP contribution < -0.4 is 16.0 Å². The van der Waals surface area contributed by atoms with E-state index >= 15 is 0 Å². The first-order chi connectivity index (χ1) is 14.0. The Hall–Kier alpha value is -2.86. The van der Waals surface area contributed by atoms with E-state index in [1.54, 1.807) is 14.1 Å². The summed E-state index contributed by atoms with van der Waals surface area (Å²) in [5.74, 6) is 0.721. The number of aliphatic imine (C=N–C) groups is 1. The first-order valence-corrected chi connectivity index (χ1v) is 10.0. The predicted molar refractivity (Wildman–Crippen MR) is 120 cm³/mol. The van der Waals surface area contributed by atoms with Gasteiger partial charge in [-0.2, -0.15) is 0 Å². The molecule has 6 heteroatoms. The largest absolute Gasteiger partial charge is 0.356 e. The summed E-state index contributed by atoms with van der Waals surface area (Å²) in [5, 5.41) is 9.39. The topological polar surface area (TPSA) is 68.8 Å². The zero-order chi connectivity index (χ0) is 21.1. The normalized spacial score (nSPS) is 12.5. The number of guanidine groups is 1. The fourth-order valence-electron chi connectivity index (χ4n) is 2.99. The Morgan fingerprint density at radius 2 is 1.79 bits per heavy atom.